The van der Waals surface area contributed by atoms with Gasteiger partial charge in [0.1, 0.15) is 0 Å². The van der Waals surface area contributed by atoms with Gasteiger partial charge in [-0.3, -0.25) is 9.59 Å². The Bertz CT molecular complexity index is 469. The maximum atomic E-state index is 12.2. The van der Waals surface area contributed by atoms with Crippen molar-refractivity contribution in [1.82, 2.24) is 4.90 Å². The SMILES string of the molecule is Cc1ccc(C(=O)N(CC(N)=O)C(C)C)cc1N. The fourth-order valence-corrected chi connectivity index (χ4v) is 1.60. The monoisotopic (exact) mass is 249 g/mol. The van der Waals surface area contributed by atoms with E-state index in [1.165, 1.54) is 4.90 Å². The summed E-state index contributed by atoms with van der Waals surface area (Å²) in [5, 5.41) is 0. The smallest absolute Gasteiger partial charge is 0.254 e. The van der Waals surface area contributed by atoms with Gasteiger partial charge in [0.2, 0.25) is 5.91 Å². The standard InChI is InChI=1S/C13H19N3O2/c1-8(2)16(7-12(15)17)13(18)10-5-4-9(3)11(14)6-10/h4-6,8H,7,14H2,1-3H3,(H2,15,17). The molecule has 0 heterocycles. The van der Waals surface area contributed by atoms with E-state index in [1.807, 2.05) is 20.8 Å². The Kier molecular flexibility index (Phi) is 4.31. The lowest BCUT2D eigenvalue weighted by Crippen LogP contribution is -2.42. The molecule has 0 fully saturated rings. The number of nitrogens with zero attached hydrogens (tertiary/aromatic N) is 1. The molecule has 1 rings (SSSR count). The summed E-state index contributed by atoms with van der Waals surface area (Å²) in [6.07, 6.45) is 0. The summed E-state index contributed by atoms with van der Waals surface area (Å²) < 4.78 is 0. The number of carbonyl (C=O) groups excluding carboxylic acids is 2. The summed E-state index contributed by atoms with van der Waals surface area (Å²) >= 11 is 0. The van der Waals surface area contributed by atoms with Crippen LogP contribution >= 0.6 is 0 Å². The molecule has 5 heteroatoms. The van der Waals surface area contributed by atoms with Crippen molar-refractivity contribution in [2.24, 2.45) is 5.73 Å². The molecular formula is C13H19N3O2. The zero-order valence-corrected chi connectivity index (χ0v) is 10.9. The normalized spacial score (nSPS) is 10.4. The van der Waals surface area contributed by atoms with Gasteiger partial charge in [0, 0.05) is 17.3 Å². The second-order valence-electron chi connectivity index (χ2n) is 4.56. The predicted molar refractivity (Wildman–Crippen MR) is 71.0 cm³/mol. The van der Waals surface area contributed by atoms with Crippen LogP contribution in [0.4, 0.5) is 5.69 Å². The Morgan fingerprint density at radius 2 is 1.94 bits per heavy atom. The van der Waals surface area contributed by atoms with Gasteiger partial charge in [0.15, 0.2) is 0 Å². The zero-order valence-electron chi connectivity index (χ0n) is 10.9. The van der Waals surface area contributed by atoms with E-state index in [9.17, 15) is 9.59 Å². The van der Waals surface area contributed by atoms with Crippen molar-refractivity contribution < 1.29 is 9.59 Å². The summed E-state index contributed by atoms with van der Waals surface area (Å²) in [5.74, 6) is -0.771. The number of hydrogen-bond acceptors (Lipinski definition) is 3. The quantitative estimate of drug-likeness (QED) is 0.777. The highest BCUT2D eigenvalue weighted by Gasteiger charge is 2.20. The van der Waals surface area contributed by atoms with Gasteiger partial charge in [0.25, 0.3) is 5.91 Å². The number of carbonyl (C=O) groups is 2. The van der Waals surface area contributed by atoms with Crippen molar-refractivity contribution in [2.75, 3.05) is 12.3 Å². The summed E-state index contributed by atoms with van der Waals surface area (Å²) in [4.78, 5) is 24.6. The highest BCUT2D eigenvalue weighted by atomic mass is 16.2. The highest BCUT2D eigenvalue weighted by molar-refractivity contribution is 5.97. The number of anilines is 1. The second kappa shape index (κ2) is 5.53. The van der Waals surface area contributed by atoms with Gasteiger partial charge in [-0.25, -0.2) is 0 Å². The minimum atomic E-state index is -0.530. The first-order valence-electron chi connectivity index (χ1n) is 5.78. The van der Waals surface area contributed by atoms with E-state index in [0.29, 0.717) is 11.3 Å². The van der Waals surface area contributed by atoms with Crippen LogP contribution in [-0.2, 0) is 4.79 Å². The third kappa shape index (κ3) is 3.23. The van der Waals surface area contributed by atoms with Crippen LogP contribution in [0.2, 0.25) is 0 Å². The molecule has 0 aliphatic rings. The molecule has 0 atom stereocenters. The van der Waals surface area contributed by atoms with Gasteiger partial charge in [-0.2, -0.15) is 0 Å². The molecule has 0 aliphatic heterocycles. The number of nitrogen functional groups attached to an aromatic ring is 1. The van der Waals surface area contributed by atoms with Crippen LogP contribution in [-0.4, -0.2) is 29.3 Å². The van der Waals surface area contributed by atoms with E-state index in [-0.39, 0.29) is 18.5 Å². The molecular weight excluding hydrogens is 230 g/mol. The van der Waals surface area contributed by atoms with Crippen molar-refractivity contribution in [3.63, 3.8) is 0 Å². The molecule has 2 amide bonds. The van der Waals surface area contributed by atoms with Crippen LogP contribution < -0.4 is 11.5 Å². The molecule has 0 spiro atoms. The lowest BCUT2D eigenvalue weighted by Gasteiger charge is -2.25. The summed E-state index contributed by atoms with van der Waals surface area (Å²) in [7, 11) is 0. The van der Waals surface area contributed by atoms with Crippen LogP contribution in [0.15, 0.2) is 18.2 Å². The molecule has 18 heavy (non-hydrogen) atoms. The molecule has 0 unspecified atom stereocenters. The maximum absolute atomic E-state index is 12.2. The molecule has 5 nitrogen and oxygen atoms in total. The Morgan fingerprint density at radius 3 is 2.39 bits per heavy atom. The molecule has 0 radical (unpaired) electrons. The highest BCUT2D eigenvalue weighted by Crippen LogP contribution is 2.15. The minimum Gasteiger partial charge on any atom is -0.398 e. The first kappa shape index (κ1) is 14.0. The van der Waals surface area contributed by atoms with E-state index < -0.39 is 5.91 Å². The van der Waals surface area contributed by atoms with Crippen LogP contribution in [0.1, 0.15) is 29.8 Å². The van der Waals surface area contributed by atoms with Crippen molar-refractivity contribution >= 4 is 17.5 Å². The molecule has 1 aromatic rings. The van der Waals surface area contributed by atoms with Gasteiger partial charge in [-0.1, -0.05) is 6.07 Å². The van der Waals surface area contributed by atoms with Crippen LogP contribution in [0.5, 0.6) is 0 Å². The summed E-state index contributed by atoms with van der Waals surface area (Å²) in [5.41, 5.74) is 12.9. The van der Waals surface area contributed by atoms with Crippen molar-refractivity contribution in [2.45, 2.75) is 26.8 Å². The largest absolute Gasteiger partial charge is 0.398 e. The number of benzene rings is 1. The summed E-state index contributed by atoms with van der Waals surface area (Å²) in [6, 6.07) is 5.00. The number of hydrogen-bond donors (Lipinski definition) is 2. The van der Waals surface area contributed by atoms with Crippen molar-refractivity contribution in [3.05, 3.63) is 29.3 Å². The molecule has 0 saturated carbocycles. The Morgan fingerprint density at radius 1 is 1.33 bits per heavy atom. The lowest BCUT2D eigenvalue weighted by atomic mass is 10.1. The van der Waals surface area contributed by atoms with E-state index >= 15 is 0 Å². The zero-order chi connectivity index (χ0) is 13.9. The molecule has 0 saturated heterocycles. The number of aryl methyl sites for hydroxylation is 1. The van der Waals surface area contributed by atoms with Crippen LogP contribution in [0.25, 0.3) is 0 Å². The van der Waals surface area contributed by atoms with Gasteiger partial charge >= 0.3 is 0 Å². The molecule has 0 aliphatic carbocycles. The topological polar surface area (TPSA) is 89.4 Å². The molecule has 0 aromatic heterocycles. The molecule has 1 aromatic carbocycles. The van der Waals surface area contributed by atoms with Gasteiger partial charge in [0.05, 0.1) is 6.54 Å². The third-order valence-electron chi connectivity index (χ3n) is 2.74. The average Bonchev–Trinajstić information content (AvgIpc) is 2.28. The molecule has 0 bridgehead atoms. The third-order valence-corrected chi connectivity index (χ3v) is 2.74. The number of rotatable bonds is 4. The van der Waals surface area contributed by atoms with Gasteiger partial charge in [-0.05, 0) is 38.5 Å². The van der Waals surface area contributed by atoms with E-state index in [4.69, 9.17) is 11.5 Å². The minimum absolute atomic E-state index is 0.0930. The first-order chi connectivity index (χ1) is 8.32. The Labute approximate surface area is 107 Å². The molecule has 98 valence electrons. The number of amides is 2. The average molecular weight is 249 g/mol. The van der Waals surface area contributed by atoms with Gasteiger partial charge < -0.3 is 16.4 Å². The van der Waals surface area contributed by atoms with Crippen molar-refractivity contribution in [1.29, 1.82) is 0 Å². The van der Waals surface area contributed by atoms with Gasteiger partial charge in [-0.15, -0.1) is 0 Å². The summed E-state index contributed by atoms with van der Waals surface area (Å²) in [6.45, 7) is 5.44. The fraction of sp³-hybridized carbons (Fsp3) is 0.385. The van der Waals surface area contributed by atoms with E-state index in [1.54, 1.807) is 18.2 Å². The molecule has 4 N–H and O–H groups in total. The first-order valence-corrected chi connectivity index (χ1v) is 5.78. The lowest BCUT2D eigenvalue weighted by molar-refractivity contribution is -0.119. The number of nitrogens with two attached hydrogens (primary N) is 2. The van der Waals surface area contributed by atoms with E-state index in [2.05, 4.69) is 0 Å². The Hall–Kier alpha value is -2.04. The van der Waals surface area contributed by atoms with Crippen molar-refractivity contribution in [3.8, 4) is 0 Å². The van der Waals surface area contributed by atoms with Crippen LogP contribution in [0.3, 0.4) is 0 Å². The Balaban J connectivity index is 3.02. The van der Waals surface area contributed by atoms with E-state index in [0.717, 1.165) is 5.56 Å². The van der Waals surface area contributed by atoms with Crippen LogP contribution in [0, 0.1) is 6.92 Å². The number of primary amides is 1. The fourth-order valence-electron chi connectivity index (χ4n) is 1.60. The maximum Gasteiger partial charge on any atom is 0.254 e. The predicted octanol–water partition coefficient (Wildman–Crippen LogP) is 0.913. The second-order valence-corrected chi connectivity index (χ2v) is 4.56.